The summed E-state index contributed by atoms with van der Waals surface area (Å²) in [7, 11) is 0. The normalized spacial score (nSPS) is 17.6. The number of hydrogen-bond donors (Lipinski definition) is 2. The minimum absolute atomic E-state index is 0.0788. The number of carbonyl (C=O) groups excluding carboxylic acids is 1. The molecule has 0 aromatic heterocycles. The van der Waals surface area contributed by atoms with Gasteiger partial charge in [0.05, 0.1) is 11.4 Å². The van der Waals surface area contributed by atoms with E-state index in [4.69, 9.17) is 0 Å². The molecule has 4 nitrogen and oxygen atoms in total. The Labute approximate surface area is 146 Å². The number of rotatable bonds is 5. The van der Waals surface area contributed by atoms with Crippen LogP contribution in [-0.4, -0.2) is 30.7 Å². The van der Waals surface area contributed by atoms with Crippen LogP contribution in [0.25, 0.3) is 0 Å². The molecule has 134 valence electrons. The second-order valence-corrected chi connectivity index (χ2v) is 8.15. The fourth-order valence-corrected chi connectivity index (χ4v) is 3.00. The van der Waals surface area contributed by atoms with Gasteiger partial charge in [0.1, 0.15) is 0 Å². The van der Waals surface area contributed by atoms with E-state index in [1.165, 1.54) is 0 Å². The van der Waals surface area contributed by atoms with Gasteiger partial charge in [0.2, 0.25) is 5.91 Å². The number of anilines is 2. The number of carbonyl (C=O) groups is 1. The second kappa shape index (κ2) is 8.02. The number of aliphatic hydroxyl groups excluding tert-OH is 1. The minimum Gasteiger partial charge on any atom is -0.396 e. The van der Waals surface area contributed by atoms with Crippen molar-refractivity contribution < 1.29 is 9.90 Å². The van der Waals surface area contributed by atoms with Gasteiger partial charge in [0, 0.05) is 26.1 Å². The molecule has 1 aromatic rings. The molecule has 0 saturated carbocycles. The highest BCUT2D eigenvalue weighted by Crippen LogP contribution is 2.31. The van der Waals surface area contributed by atoms with Crippen molar-refractivity contribution >= 4 is 17.3 Å². The van der Waals surface area contributed by atoms with Crippen molar-refractivity contribution in [2.75, 3.05) is 29.9 Å². The van der Waals surface area contributed by atoms with E-state index < -0.39 is 0 Å². The molecule has 4 heteroatoms. The highest BCUT2D eigenvalue weighted by atomic mass is 16.3. The average molecular weight is 332 g/mol. The van der Waals surface area contributed by atoms with Crippen molar-refractivity contribution in [1.29, 1.82) is 0 Å². The lowest BCUT2D eigenvalue weighted by molar-refractivity contribution is -0.117. The summed E-state index contributed by atoms with van der Waals surface area (Å²) in [6.07, 6.45) is 2.53. The largest absolute Gasteiger partial charge is 0.396 e. The van der Waals surface area contributed by atoms with Crippen LogP contribution in [0.5, 0.6) is 0 Å². The van der Waals surface area contributed by atoms with E-state index in [-0.39, 0.29) is 17.9 Å². The third-order valence-electron chi connectivity index (χ3n) is 5.36. The molecule has 1 amide bonds. The summed E-state index contributed by atoms with van der Waals surface area (Å²) in [4.78, 5) is 14.8. The van der Waals surface area contributed by atoms with E-state index in [0.717, 1.165) is 37.3 Å². The van der Waals surface area contributed by atoms with Crippen molar-refractivity contribution in [3.05, 3.63) is 24.3 Å². The number of nitrogens with one attached hydrogen (secondary N) is 1. The molecular formula is C20H32N2O2. The molecule has 1 aliphatic heterocycles. The molecule has 1 aliphatic rings. The Kier molecular flexibility index (Phi) is 6.27. The molecule has 1 fully saturated rings. The van der Waals surface area contributed by atoms with E-state index in [2.05, 4.69) is 44.0 Å². The summed E-state index contributed by atoms with van der Waals surface area (Å²) in [6.45, 7) is 10.8. The molecular weight excluding hydrogens is 300 g/mol. The van der Waals surface area contributed by atoms with Crippen molar-refractivity contribution in [1.82, 2.24) is 0 Å². The fourth-order valence-electron chi connectivity index (χ4n) is 3.00. The standard InChI is InChI=1S/C20H32N2O2/c1-15(20(2,3)4)13-19(24)21-17-7-5-6-8-18(17)22-11-9-16(14-23)10-12-22/h5-8,15-16,23H,9-14H2,1-4H3,(H,21,24). The van der Waals surface area contributed by atoms with Crippen LogP contribution in [0.4, 0.5) is 11.4 Å². The fraction of sp³-hybridized carbons (Fsp3) is 0.650. The first kappa shape index (κ1) is 18.8. The Morgan fingerprint density at radius 1 is 1.29 bits per heavy atom. The Morgan fingerprint density at radius 3 is 2.50 bits per heavy atom. The molecule has 0 aliphatic carbocycles. The van der Waals surface area contributed by atoms with Crippen LogP contribution >= 0.6 is 0 Å². The Hall–Kier alpha value is -1.55. The summed E-state index contributed by atoms with van der Waals surface area (Å²) in [5, 5.41) is 12.4. The lowest BCUT2D eigenvalue weighted by atomic mass is 9.80. The molecule has 1 aromatic carbocycles. The number of hydrogen-bond acceptors (Lipinski definition) is 3. The first-order valence-corrected chi connectivity index (χ1v) is 9.06. The third-order valence-corrected chi connectivity index (χ3v) is 5.36. The van der Waals surface area contributed by atoms with Crippen molar-refractivity contribution in [3.63, 3.8) is 0 Å². The van der Waals surface area contributed by atoms with E-state index in [1.54, 1.807) is 0 Å². The monoisotopic (exact) mass is 332 g/mol. The highest BCUT2D eigenvalue weighted by Gasteiger charge is 2.24. The van der Waals surface area contributed by atoms with Crippen LogP contribution in [-0.2, 0) is 4.79 Å². The van der Waals surface area contributed by atoms with E-state index >= 15 is 0 Å². The van der Waals surface area contributed by atoms with Gasteiger partial charge in [-0.15, -0.1) is 0 Å². The van der Waals surface area contributed by atoms with Gasteiger partial charge in [-0.1, -0.05) is 39.8 Å². The maximum absolute atomic E-state index is 12.4. The molecule has 24 heavy (non-hydrogen) atoms. The number of benzene rings is 1. The molecule has 0 spiro atoms. The molecule has 1 unspecified atom stereocenters. The number of para-hydroxylation sites is 2. The van der Waals surface area contributed by atoms with E-state index in [0.29, 0.717) is 18.3 Å². The summed E-state index contributed by atoms with van der Waals surface area (Å²) >= 11 is 0. The second-order valence-electron chi connectivity index (χ2n) is 8.15. The molecule has 2 N–H and O–H groups in total. The van der Waals surface area contributed by atoms with Gasteiger partial charge < -0.3 is 15.3 Å². The molecule has 2 rings (SSSR count). The van der Waals surface area contributed by atoms with Gasteiger partial charge in [-0.2, -0.15) is 0 Å². The van der Waals surface area contributed by atoms with Crippen LogP contribution in [0.3, 0.4) is 0 Å². The zero-order chi connectivity index (χ0) is 17.7. The summed E-state index contributed by atoms with van der Waals surface area (Å²) < 4.78 is 0. The summed E-state index contributed by atoms with van der Waals surface area (Å²) in [6, 6.07) is 8.03. The Balaban J connectivity index is 2.03. The third kappa shape index (κ3) is 4.97. The van der Waals surface area contributed by atoms with E-state index in [1.807, 2.05) is 18.2 Å². The maximum Gasteiger partial charge on any atom is 0.224 e. The van der Waals surface area contributed by atoms with Crippen LogP contribution in [0.15, 0.2) is 24.3 Å². The van der Waals surface area contributed by atoms with Gasteiger partial charge in [-0.3, -0.25) is 4.79 Å². The van der Waals surface area contributed by atoms with Crippen LogP contribution in [0.2, 0.25) is 0 Å². The van der Waals surface area contributed by atoms with E-state index in [9.17, 15) is 9.90 Å². The van der Waals surface area contributed by atoms with Crippen molar-refractivity contribution in [3.8, 4) is 0 Å². The van der Waals surface area contributed by atoms with Crippen LogP contribution in [0, 0.1) is 17.3 Å². The number of piperidine rings is 1. The SMILES string of the molecule is CC(CC(=O)Nc1ccccc1N1CCC(CO)CC1)C(C)(C)C. The first-order chi connectivity index (χ1) is 11.3. The number of amides is 1. The lowest BCUT2D eigenvalue weighted by Gasteiger charge is -2.34. The zero-order valence-electron chi connectivity index (χ0n) is 15.5. The van der Waals surface area contributed by atoms with Crippen LogP contribution in [0.1, 0.15) is 47.0 Å². The molecule has 1 atom stereocenters. The predicted molar refractivity (Wildman–Crippen MR) is 100 cm³/mol. The highest BCUT2D eigenvalue weighted by molar-refractivity contribution is 5.94. The lowest BCUT2D eigenvalue weighted by Crippen LogP contribution is -2.35. The van der Waals surface area contributed by atoms with Gasteiger partial charge in [-0.05, 0) is 42.2 Å². The van der Waals surface area contributed by atoms with Gasteiger partial charge in [0.15, 0.2) is 0 Å². The van der Waals surface area contributed by atoms with Gasteiger partial charge >= 0.3 is 0 Å². The quantitative estimate of drug-likeness (QED) is 0.859. The zero-order valence-corrected chi connectivity index (χ0v) is 15.5. The van der Waals surface area contributed by atoms with Crippen LogP contribution < -0.4 is 10.2 Å². The Bertz CT molecular complexity index is 543. The smallest absolute Gasteiger partial charge is 0.224 e. The first-order valence-electron chi connectivity index (χ1n) is 9.06. The summed E-state index contributed by atoms with van der Waals surface area (Å²) in [5.41, 5.74) is 2.11. The number of aliphatic hydroxyl groups is 1. The average Bonchev–Trinajstić information content (AvgIpc) is 2.54. The predicted octanol–water partition coefficient (Wildman–Crippen LogP) is 3.91. The van der Waals surface area contributed by atoms with Crippen molar-refractivity contribution in [2.24, 2.45) is 17.3 Å². The summed E-state index contributed by atoms with van der Waals surface area (Å²) in [5.74, 6) is 0.815. The van der Waals surface area contributed by atoms with Gasteiger partial charge in [-0.25, -0.2) is 0 Å². The van der Waals surface area contributed by atoms with Crippen molar-refractivity contribution in [2.45, 2.75) is 47.0 Å². The molecule has 0 bridgehead atoms. The minimum atomic E-state index is 0.0788. The van der Waals surface area contributed by atoms with Gasteiger partial charge in [0.25, 0.3) is 0 Å². The maximum atomic E-state index is 12.4. The number of nitrogens with zero attached hydrogens (tertiary/aromatic N) is 1. The Morgan fingerprint density at radius 2 is 1.92 bits per heavy atom. The topological polar surface area (TPSA) is 52.6 Å². The molecule has 1 saturated heterocycles. The molecule has 1 heterocycles. The molecule has 0 radical (unpaired) electrons.